The van der Waals surface area contributed by atoms with Crippen LogP contribution in [0.3, 0.4) is 0 Å². The number of carbonyl (C=O) groups is 2. The van der Waals surface area contributed by atoms with Crippen LogP contribution in [0.15, 0.2) is 48.5 Å². The second-order valence-electron chi connectivity index (χ2n) is 7.29. The summed E-state index contributed by atoms with van der Waals surface area (Å²) in [7, 11) is 1.63. The minimum Gasteiger partial charge on any atom is -0.497 e. The van der Waals surface area contributed by atoms with Gasteiger partial charge in [0, 0.05) is 23.4 Å². The molecule has 0 aliphatic carbocycles. The number of carbonyl (C=O) groups excluding carboxylic acids is 2. The number of hydrogen-bond donors (Lipinski definition) is 1. The molecule has 162 valence electrons. The first-order chi connectivity index (χ1) is 14.3. The topological polar surface area (TPSA) is 58.6 Å². The number of nitrogens with zero attached hydrogens (tertiary/aromatic N) is 1. The van der Waals surface area contributed by atoms with Crippen LogP contribution in [0.4, 0.5) is 0 Å². The van der Waals surface area contributed by atoms with Crippen molar-refractivity contribution in [2.24, 2.45) is 0 Å². The van der Waals surface area contributed by atoms with Gasteiger partial charge >= 0.3 is 0 Å². The Morgan fingerprint density at radius 2 is 1.77 bits per heavy atom. The van der Waals surface area contributed by atoms with E-state index in [1.165, 1.54) is 11.8 Å². The van der Waals surface area contributed by atoms with Gasteiger partial charge in [-0.1, -0.05) is 41.9 Å². The van der Waals surface area contributed by atoms with Crippen molar-refractivity contribution in [3.63, 3.8) is 0 Å². The van der Waals surface area contributed by atoms with Gasteiger partial charge in [-0.25, -0.2) is 0 Å². The van der Waals surface area contributed by atoms with Gasteiger partial charge in [0.2, 0.25) is 11.8 Å². The average Bonchev–Trinajstić information content (AvgIpc) is 2.72. The van der Waals surface area contributed by atoms with Crippen LogP contribution in [0.5, 0.6) is 5.75 Å². The highest BCUT2D eigenvalue weighted by Gasteiger charge is 2.26. The monoisotopic (exact) mass is 448 g/mol. The second-order valence-corrected chi connectivity index (χ2v) is 8.69. The van der Waals surface area contributed by atoms with Crippen LogP contribution >= 0.6 is 23.4 Å². The number of ether oxygens (including phenoxy) is 1. The largest absolute Gasteiger partial charge is 0.497 e. The minimum atomic E-state index is -0.599. The average molecular weight is 449 g/mol. The maximum absolute atomic E-state index is 13.0. The zero-order valence-electron chi connectivity index (χ0n) is 17.9. The number of thioether (sulfide) groups is 1. The van der Waals surface area contributed by atoms with Crippen LogP contribution < -0.4 is 10.1 Å². The number of benzene rings is 2. The fourth-order valence-electron chi connectivity index (χ4n) is 2.86. The van der Waals surface area contributed by atoms with Crippen LogP contribution in [0, 0.1) is 0 Å². The van der Waals surface area contributed by atoms with E-state index in [4.69, 9.17) is 16.3 Å². The third-order valence-corrected chi connectivity index (χ3v) is 5.91. The zero-order valence-corrected chi connectivity index (χ0v) is 19.4. The number of hydrogen-bond acceptors (Lipinski definition) is 4. The molecule has 0 bridgehead atoms. The Labute approximate surface area is 188 Å². The molecular formula is C23H29ClN2O3S. The van der Waals surface area contributed by atoms with E-state index in [9.17, 15) is 9.59 Å². The molecule has 0 unspecified atom stereocenters. The van der Waals surface area contributed by atoms with E-state index >= 15 is 0 Å². The first kappa shape index (κ1) is 24.1. The smallest absolute Gasteiger partial charge is 0.242 e. The molecule has 0 heterocycles. The van der Waals surface area contributed by atoms with Gasteiger partial charge in [-0.3, -0.25) is 9.59 Å². The molecule has 0 fully saturated rings. The minimum absolute atomic E-state index is 0.00154. The van der Waals surface area contributed by atoms with E-state index in [-0.39, 0.29) is 30.2 Å². The lowest BCUT2D eigenvalue weighted by molar-refractivity contribution is -0.138. The molecule has 1 N–H and O–H groups in total. The highest BCUT2D eigenvalue weighted by Crippen LogP contribution is 2.21. The number of halogens is 1. The number of amides is 2. The number of nitrogens with one attached hydrogen (secondary N) is 1. The Bertz CT molecular complexity index is 843. The summed E-state index contributed by atoms with van der Waals surface area (Å²) in [6, 6.07) is 14.6. The fraction of sp³-hybridized carbons (Fsp3) is 0.391. The fourth-order valence-corrected chi connectivity index (χ4v) is 3.92. The highest BCUT2D eigenvalue weighted by molar-refractivity contribution is 7.99. The number of methoxy groups -OCH3 is 1. The first-order valence-electron chi connectivity index (χ1n) is 9.85. The Balaban J connectivity index is 2.06. The molecule has 0 saturated carbocycles. The molecule has 1 atom stereocenters. The lowest BCUT2D eigenvalue weighted by Crippen LogP contribution is -2.49. The molecule has 0 aromatic heterocycles. The number of rotatable bonds is 10. The molecule has 0 radical (unpaired) electrons. The van der Waals surface area contributed by atoms with Crippen molar-refractivity contribution in [3.8, 4) is 5.75 Å². The third-order valence-electron chi connectivity index (χ3n) is 4.55. The summed E-state index contributed by atoms with van der Waals surface area (Å²) in [4.78, 5) is 27.2. The van der Waals surface area contributed by atoms with Crippen molar-refractivity contribution in [2.45, 2.75) is 45.2 Å². The Kier molecular flexibility index (Phi) is 9.53. The van der Waals surface area contributed by atoms with Crippen LogP contribution in [0.2, 0.25) is 5.02 Å². The quantitative estimate of drug-likeness (QED) is 0.580. The summed E-state index contributed by atoms with van der Waals surface area (Å²) in [5.41, 5.74) is 1.92. The van der Waals surface area contributed by atoms with E-state index in [1.807, 2.05) is 56.3 Å². The normalized spacial score (nSPS) is 11.8. The maximum atomic E-state index is 13.0. The van der Waals surface area contributed by atoms with Crippen LogP contribution in [-0.4, -0.2) is 41.7 Å². The van der Waals surface area contributed by atoms with Crippen molar-refractivity contribution in [3.05, 3.63) is 64.7 Å². The zero-order chi connectivity index (χ0) is 22.1. The lowest BCUT2D eigenvalue weighted by Gasteiger charge is -2.29. The Morgan fingerprint density at radius 3 is 2.37 bits per heavy atom. The summed E-state index contributed by atoms with van der Waals surface area (Å²) in [6.07, 6.45) is 0. The van der Waals surface area contributed by atoms with Crippen molar-refractivity contribution in [1.29, 1.82) is 0 Å². The van der Waals surface area contributed by atoms with Gasteiger partial charge in [-0.15, -0.1) is 11.8 Å². The Morgan fingerprint density at radius 1 is 1.10 bits per heavy atom. The van der Waals surface area contributed by atoms with Crippen molar-refractivity contribution in [1.82, 2.24) is 10.2 Å². The summed E-state index contributed by atoms with van der Waals surface area (Å²) >= 11 is 7.81. The van der Waals surface area contributed by atoms with Crippen LogP contribution in [0.1, 0.15) is 31.9 Å². The van der Waals surface area contributed by atoms with Crippen LogP contribution in [0.25, 0.3) is 0 Å². The predicted molar refractivity (Wildman–Crippen MR) is 124 cm³/mol. The molecule has 0 saturated heterocycles. The molecular weight excluding hydrogens is 420 g/mol. The van der Waals surface area contributed by atoms with Crippen molar-refractivity contribution >= 4 is 35.2 Å². The first-order valence-corrected chi connectivity index (χ1v) is 11.4. The van der Waals surface area contributed by atoms with E-state index in [2.05, 4.69) is 5.32 Å². The summed E-state index contributed by atoms with van der Waals surface area (Å²) in [5, 5.41) is 3.47. The molecule has 2 rings (SSSR count). The molecule has 7 heteroatoms. The van der Waals surface area contributed by atoms with Crippen molar-refractivity contribution in [2.75, 3.05) is 12.9 Å². The molecule has 0 aliphatic heterocycles. The standard InChI is InChI=1S/C23H29ClN2O3S/c1-16(2)25-23(28)17(3)26(13-19-7-5-6-8-21(19)24)22(27)15-30-14-18-9-11-20(29-4)12-10-18/h5-12,16-17H,13-15H2,1-4H3,(H,25,28)/t17-/m1/s1. The highest BCUT2D eigenvalue weighted by atomic mass is 35.5. The van der Waals surface area contributed by atoms with E-state index < -0.39 is 6.04 Å². The lowest BCUT2D eigenvalue weighted by atomic mass is 10.1. The summed E-state index contributed by atoms with van der Waals surface area (Å²) in [5.74, 6) is 1.50. The van der Waals surface area contributed by atoms with E-state index in [0.717, 1.165) is 16.9 Å². The predicted octanol–water partition coefficient (Wildman–Crippen LogP) is 4.52. The maximum Gasteiger partial charge on any atom is 0.242 e. The molecule has 0 spiro atoms. The third kappa shape index (κ3) is 7.26. The van der Waals surface area contributed by atoms with E-state index in [1.54, 1.807) is 25.0 Å². The van der Waals surface area contributed by atoms with Gasteiger partial charge in [-0.05, 0) is 50.1 Å². The van der Waals surface area contributed by atoms with Gasteiger partial charge < -0.3 is 15.0 Å². The summed E-state index contributed by atoms with van der Waals surface area (Å²) in [6.45, 7) is 5.83. The molecule has 2 aromatic rings. The van der Waals surface area contributed by atoms with Crippen molar-refractivity contribution < 1.29 is 14.3 Å². The van der Waals surface area contributed by atoms with Gasteiger partial charge in [-0.2, -0.15) is 0 Å². The molecule has 30 heavy (non-hydrogen) atoms. The molecule has 5 nitrogen and oxygen atoms in total. The molecule has 0 aliphatic rings. The second kappa shape index (κ2) is 11.9. The molecule has 2 aromatic carbocycles. The van der Waals surface area contributed by atoms with Gasteiger partial charge in [0.05, 0.1) is 12.9 Å². The van der Waals surface area contributed by atoms with Gasteiger partial charge in [0.25, 0.3) is 0 Å². The van der Waals surface area contributed by atoms with Crippen LogP contribution in [-0.2, 0) is 21.9 Å². The Hall–Kier alpha value is -2.18. The van der Waals surface area contributed by atoms with Gasteiger partial charge in [0.1, 0.15) is 11.8 Å². The van der Waals surface area contributed by atoms with E-state index in [0.29, 0.717) is 10.8 Å². The van der Waals surface area contributed by atoms with Gasteiger partial charge in [0.15, 0.2) is 0 Å². The SMILES string of the molecule is COc1ccc(CSCC(=O)N(Cc2ccccc2Cl)[C@H](C)C(=O)NC(C)C)cc1. The molecule has 2 amide bonds. The summed E-state index contributed by atoms with van der Waals surface area (Å²) < 4.78 is 5.17.